The molecule has 0 atom stereocenters. The number of allylic oxidation sites excluding steroid dienone is 1. The number of aliphatic hydroxyl groups is 1. The number of hydrogen-bond acceptors (Lipinski definition) is 5. The molecule has 0 radical (unpaired) electrons. The summed E-state index contributed by atoms with van der Waals surface area (Å²) in [5, 5.41) is 21.5. The molecule has 1 N–H and O–H groups in total. The second kappa shape index (κ2) is 8.56. The number of imidazole rings is 2. The lowest BCUT2D eigenvalue weighted by Gasteiger charge is -2.15. The largest absolute Gasteiger partial charge is 0.510 e. The zero-order valence-electron chi connectivity index (χ0n) is 17.8. The van der Waals surface area contributed by atoms with Gasteiger partial charge in [0, 0.05) is 18.4 Å². The summed E-state index contributed by atoms with van der Waals surface area (Å²) in [4.78, 5) is 9.47. The average Bonchev–Trinajstić information content (AvgIpc) is 3.37. The van der Waals surface area contributed by atoms with Crippen LogP contribution in [-0.4, -0.2) is 30.0 Å². The number of nitriles is 1. The van der Waals surface area contributed by atoms with Crippen molar-refractivity contribution in [1.29, 1.82) is 5.26 Å². The highest BCUT2D eigenvalue weighted by Gasteiger charge is 2.22. The first-order valence-electron chi connectivity index (χ1n) is 10.7. The molecule has 0 saturated heterocycles. The first kappa shape index (κ1) is 20.4. The third kappa shape index (κ3) is 3.57. The number of para-hydroxylation sites is 3. The van der Waals surface area contributed by atoms with Crippen molar-refractivity contribution in [2.24, 2.45) is 7.05 Å². The van der Waals surface area contributed by atoms with E-state index in [0.29, 0.717) is 5.82 Å². The molecule has 32 heavy (non-hydrogen) atoms. The molecule has 0 spiro atoms. The van der Waals surface area contributed by atoms with Crippen molar-refractivity contribution in [3.8, 4) is 11.8 Å². The van der Waals surface area contributed by atoms with Gasteiger partial charge in [0.15, 0.2) is 11.0 Å². The van der Waals surface area contributed by atoms with E-state index < -0.39 is 0 Å². The van der Waals surface area contributed by atoms with E-state index in [4.69, 9.17) is 4.98 Å². The number of aryl methyl sites for hydroxylation is 2. The van der Waals surface area contributed by atoms with E-state index in [1.807, 2.05) is 54.1 Å². The number of thioether (sulfide) groups is 1. The van der Waals surface area contributed by atoms with Crippen molar-refractivity contribution in [1.82, 2.24) is 19.1 Å². The minimum atomic E-state index is 0.0106. The maximum absolute atomic E-state index is 10.9. The van der Waals surface area contributed by atoms with Crippen LogP contribution in [0.4, 0.5) is 0 Å². The number of fused-ring (bicyclic) bond motifs is 2. The molecule has 2 aromatic heterocycles. The van der Waals surface area contributed by atoms with Gasteiger partial charge in [-0.2, -0.15) is 5.26 Å². The maximum atomic E-state index is 10.9. The molecule has 4 aromatic rings. The van der Waals surface area contributed by atoms with Crippen LogP contribution in [0, 0.1) is 11.3 Å². The summed E-state index contributed by atoms with van der Waals surface area (Å²) in [6.07, 6.45) is 4.29. The normalized spacial score (nSPS) is 14.1. The van der Waals surface area contributed by atoms with Crippen LogP contribution in [0.3, 0.4) is 0 Å². The highest BCUT2D eigenvalue weighted by atomic mass is 32.2. The number of rotatable bonds is 5. The van der Waals surface area contributed by atoms with Crippen molar-refractivity contribution in [2.45, 2.75) is 30.8 Å². The van der Waals surface area contributed by atoms with Crippen molar-refractivity contribution >= 4 is 28.4 Å². The summed E-state index contributed by atoms with van der Waals surface area (Å²) in [5.74, 6) is 0.725. The zero-order valence-corrected chi connectivity index (χ0v) is 18.6. The first-order chi connectivity index (χ1) is 15.7. The van der Waals surface area contributed by atoms with E-state index in [-0.39, 0.29) is 17.1 Å². The summed E-state index contributed by atoms with van der Waals surface area (Å²) in [6, 6.07) is 20.1. The van der Waals surface area contributed by atoms with Crippen LogP contribution in [0.1, 0.15) is 30.1 Å². The number of aliphatic hydroxyl groups excluding tert-OH is 1. The van der Waals surface area contributed by atoms with Gasteiger partial charge in [-0.15, -0.1) is 0 Å². The minimum Gasteiger partial charge on any atom is -0.510 e. The Morgan fingerprint density at radius 2 is 1.81 bits per heavy atom. The smallest absolute Gasteiger partial charge is 0.173 e. The van der Waals surface area contributed by atoms with Gasteiger partial charge in [-0.1, -0.05) is 42.1 Å². The van der Waals surface area contributed by atoms with Gasteiger partial charge in [-0.05, 0) is 49.9 Å². The summed E-state index contributed by atoms with van der Waals surface area (Å²) in [6.45, 7) is 0. The fourth-order valence-corrected chi connectivity index (χ4v) is 5.20. The quantitative estimate of drug-likeness (QED) is 0.261. The number of aromatic nitrogens is 4. The number of hydrogen-bond donors (Lipinski definition) is 1. The molecular formula is C25H23N5OS. The summed E-state index contributed by atoms with van der Waals surface area (Å²) in [5.41, 5.74) is 5.38. The first-order valence-corrected chi connectivity index (χ1v) is 11.7. The van der Waals surface area contributed by atoms with Crippen LogP contribution in [0.15, 0.2) is 65.5 Å². The van der Waals surface area contributed by atoms with Gasteiger partial charge >= 0.3 is 0 Å². The summed E-state index contributed by atoms with van der Waals surface area (Å²) >= 11 is 1.45. The van der Waals surface area contributed by atoms with Crippen LogP contribution < -0.4 is 0 Å². The SMILES string of the molecule is Cn1c(/C(C#N)=C(\O)CSc2nc3c(n2-c2ccccc2)CCCC3)nc2ccccc21. The van der Waals surface area contributed by atoms with Gasteiger partial charge in [0.25, 0.3) is 0 Å². The fourth-order valence-electron chi connectivity index (χ4n) is 4.27. The third-order valence-corrected chi connectivity index (χ3v) is 6.82. The molecule has 0 amide bonds. The third-order valence-electron chi connectivity index (χ3n) is 5.87. The fraction of sp³-hybridized carbons (Fsp3) is 0.240. The van der Waals surface area contributed by atoms with E-state index in [9.17, 15) is 10.4 Å². The van der Waals surface area contributed by atoms with Crippen molar-refractivity contribution in [3.63, 3.8) is 0 Å². The zero-order chi connectivity index (χ0) is 22.1. The molecular weight excluding hydrogens is 418 g/mol. The Kier molecular flexibility index (Phi) is 5.46. The van der Waals surface area contributed by atoms with E-state index in [1.165, 1.54) is 17.5 Å². The maximum Gasteiger partial charge on any atom is 0.173 e. The summed E-state index contributed by atoms with van der Waals surface area (Å²) in [7, 11) is 1.86. The Balaban J connectivity index is 1.50. The van der Waals surface area contributed by atoms with Crippen LogP contribution in [0.25, 0.3) is 22.3 Å². The van der Waals surface area contributed by atoms with Crippen molar-refractivity contribution in [3.05, 3.63) is 77.6 Å². The van der Waals surface area contributed by atoms with Gasteiger partial charge in [-0.25, -0.2) is 9.97 Å². The van der Waals surface area contributed by atoms with Gasteiger partial charge in [-0.3, -0.25) is 4.57 Å². The van der Waals surface area contributed by atoms with Crippen molar-refractivity contribution < 1.29 is 5.11 Å². The molecule has 0 fully saturated rings. The van der Waals surface area contributed by atoms with Gasteiger partial charge in [0.2, 0.25) is 0 Å². The lowest BCUT2D eigenvalue weighted by molar-refractivity contribution is 0.420. The molecule has 1 aliphatic rings. The van der Waals surface area contributed by atoms with E-state index in [1.54, 1.807) is 0 Å². The molecule has 0 unspecified atom stereocenters. The van der Waals surface area contributed by atoms with Crippen LogP contribution in [-0.2, 0) is 19.9 Å². The van der Waals surface area contributed by atoms with Crippen LogP contribution in [0.5, 0.6) is 0 Å². The van der Waals surface area contributed by atoms with E-state index in [0.717, 1.165) is 53.3 Å². The van der Waals surface area contributed by atoms with E-state index >= 15 is 0 Å². The van der Waals surface area contributed by atoms with Crippen molar-refractivity contribution in [2.75, 3.05) is 5.75 Å². The Morgan fingerprint density at radius 1 is 1.06 bits per heavy atom. The second-order valence-corrected chi connectivity index (χ2v) is 8.81. The molecule has 1 aliphatic carbocycles. The molecule has 6 nitrogen and oxygen atoms in total. The van der Waals surface area contributed by atoms with Gasteiger partial charge in [0.05, 0.1) is 22.5 Å². The molecule has 5 rings (SSSR count). The molecule has 2 heterocycles. The number of nitrogens with zero attached hydrogens (tertiary/aromatic N) is 5. The monoisotopic (exact) mass is 441 g/mol. The van der Waals surface area contributed by atoms with Gasteiger partial charge in [0.1, 0.15) is 17.4 Å². The average molecular weight is 442 g/mol. The van der Waals surface area contributed by atoms with Crippen LogP contribution in [0.2, 0.25) is 0 Å². The van der Waals surface area contributed by atoms with Crippen LogP contribution >= 0.6 is 11.8 Å². The minimum absolute atomic E-state index is 0.0106. The molecule has 0 saturated carbocycles. The lowest BCUT2D eigenvalue weighted by atomic mass is 10.0. The Bertz CT molecular complexity index is 1360. The predicted molar refractivity (Wildman–Crippen MR) is 127 cm³/mol. The molecule has 0 aliphatic heterocycles. The topological polar surface area (TPSA) is 79.7 Å². The molecule has 7 heteroatoms. The lowest BCUT2D eigenvalue weighted by Crippen LogP contribution is -2.07. The van der Waals surface area contributed by atoms with E-state index in [2.05, 4.69) is 27.8 Å². The Morgan fingerprint density at radius 3 is 2.59 bits per heavy atom. The predicted octanol–water partition coefficient (Wildman–Crippen LogP) is 5.22. The Labute approximate surface area is 190 Å². The highest BCUT2D eigenvalue weighted by Crippen LogP contribution is 2.32. The standard InChI is InChI=1S/C25H23N5OS/c1-29-21-13-7-5-11-19(21)27-24(29)18(15-26)23(31)16-32-25-28-20-12-6-8-14-22(20)30(25)17-9-3-2-4-10-17/h2-5,7,9-11,13,31H,6,8,12,14,16H2,1H3/b23-18-. The molecule has 2 aromatic carbocycles. The molecule has 160 valence electrons. The summed E-state index contributed by atoms with van der Waals surface area (Å²) < 4.78 is 4.05. The number of benzene rings is 2. The second-order valence-electron chi connectivity index (χ2n) is 7.87. The Hall–Kier alpha value is -3.50. The van der Waals surface area contributed by atoms with Gasteiger partial charge < -0.3 is 9.67 Å². The molecule has 0 bridgehead atoms. The highest BCUT2D eigenvalue weighted by molar-refractivity contribution is 7.99.